The summed E-state index contributed by atoms with van der Waals surface area (Å²) in [7, 11) is 2.98. The Bertz CT molecular complexity index is 722. The van der Waals surface area contributed by atoms with Crippen LogP contribution in [0.5, 0.6) is 0 Å². The molecule has 0 saturated carbocycles. The molecule has 0 aliphatic carbocycles. The fraction of sp³-hybridized carbons (Fsp3) is 0.235. The van der Waals surface area contributed by atoms with Crippen molar-refractivity contribution in [2.24, 2.45) is 0 Å². The molecular weight excluding hydrogens is 330 g/mol. The van der Waals surface area contributed by atoms with E-state index in [0.717, 1.165) is 5.56 Å². The fourth-order valence-electron chi connectivity index (χ4n) is 2.02. The number of carbonyl (C=O) groups is 2. The van der Waals surface area contributed by atoms with Crippen molar-refractivity contribution in [2.45, 2.75) is 6.42 Å². The van der Waals surface area contributed by atoms with Gasteiger partial charge in [-0.25, -0.2) is 9.59 Å². The zero-order valence-corrected chi connectivity index (χ0v) is 14.2. The molecular formula is C17H18ClN3O3. The van der Waals surface area contributed by atoms with E-state index >= 15 is 0 Å². The Hall–Kier alpha value is -2.60. The number of likely N-dealkylation sites (N-methyl/N-ethyl adjacent to an activating group) is 1. The lowest BCUT2D eigenvalue weighted by molar-refractivity contribution is 0.0600. The van der Waals surface area contributed by atoms with E-state index in [-0.39, 0.29) is 6.03 Å². The molecule has 2 amide bonds. The van der Waals surface area contributed by atoms with Crippen LogP contribution in [0.25, 0.3) is 0 Å². The first-order chi connectivity index (χ1) is 11.5. The number of amides is 2. The minimum absolute atomic E-state index is 0.312. The first-order valence-electron chi connectivity index (χ1n) is 7.30. The van der Waals surface area contributed by atoms with Gasteiger partial charge >= 0.3 is 12.0 Å². The van der Waals surface area contributed by atoms with Gasteiger partial charge in [0.1, 0.15) is 0 Å². The molecule has 0 bridgehead atoms. The zero-order chi connectivity index (χ0) is 17.5. The van der Waals surface area contributed by atoms with Crippen LogP contribution in [-0.2, 0) is 11.2 Å². The van der Waals surface area contributed by atoms with Crippen molar-refractivity contribution >= 4 is 29.3 Å². The molecule has 0 saturated heterocycles. The standard InChI is InChI=1S/C17H18ClN3O3/c1-21(10-7-12-5-8-19-9-6-12)17(23)20-15-11-13(16(22)24-2)3-4-14(15)18/h3-6,8-9,11H,7,10H2,1-2H3,(H,20,23). The van der Waals surface area contributed by atoms with Crippen molar-refractivity contribution in [1.82, 2.24) is 9.88 Å². The van der Waals surface area contributed by atoms with E-state index in [1.165, 1.54) is 19.2 Å². The third-order valence-electron chi connectivity index (χ3n) is 3.46. The lowest BCUT2D eigenvalue weighted by Gasteiger charge is -2.18. The lowest BCUT2D eigenvalue weighted by atomic mass is 10.2. The Morgan fingerprint density at radius 1 is 1.25 bits per heavy atom. The summed E-state index contributed by atoms with van der Waals surface area (Å²) in [5.41, 5.74) is 1.77. The predicted molar refractivity (Wildman–Crippen MR) is 92.4 cm³/mol. The molecule has 1 heterocycles. The summed E-state index contributed by atoms with van der Waals surface area (Å²) in [6.07, 6.45) is 4.14. The molecule has 2 rings (SSSR count). The highest BCUT2D eigenvalue weighted by atomic mass is 35.5. The summed E-state index contributed by atoms with van der Waals surface area (Å²) in [5, 5.41) is 3.05. The van der Waals surface area contributed by atoms with Crippen LogP contribution >= 0.6 is 11.6 Å². The number of rotatable bonds is 5. The van der Waals surface area contributed by atoms with Gasteiger partial charge < -0.3 is 15.0 Å². The van der Waals surface area contributed by atoms with Crippen molar-refractivity contribution in [3.8, 4) is 0 Å². The van der Waals surface area contributed by atoms with Gasteiger partial charge in [0, 0.05) is 26.0 Å². The Morgan fingerprint density at radius 2 is 1.96 bits per heavy atom. The number of urea groups is 1. The van der Waals surface area contributed by atoms with E-state index in [0.29, 0.717) is 29.2 Å². The maximum Gasteiger partial charge on any atom is 0.337 e. The molecule has 1 aromatic carbocycles. The van der Waals surface area contributed by atoms with Crippen LogP contribution in [0.2, 0.25) is 5.02 Å². The number of esters is 1. The normalized spacial score (nSPS) is 10.1. The van der Waals surface area contributed by atoms with Crippen LogP contribution < -0.4 is 5.32 Å². The third kappa shape index (κ3) is 4.70. The van der Waals surface area contributed by atoms with Crippen LogP contribution in [0.3, 0.4) is 0 Å². The molecule has 7 heteroatoms. The second kappa shape index (κ2) is 8.31. The van der Waals surface area contributed by atoms with Crippen molar-refractivity contribution in [3.05, 3.63) is 58.9 Å². The Balaban J connectivity index is 1.99. The summed E-state index contributed by atoms with van der Waals surface area (Å²) < 4.78 is 4.66. The quantitative estimate of drug-likeness (QED) is 0.843. The Morgan fingerprint density at radius 3 is 2.62 bits per heavy atom. The third-order valence-corrected chi connectivity index (χ3v) is 3.79. The first kappa shape index (κ1) is 17.7. The van der Waals surface area contributed by atoms with Gasteiger partial charge in [-0.3, -0.25) is 4.98 Å². The summed E-state index contributed by atoms with van der Waals surface area (Å²) in [6.45, 7) is 0.532. The van der Waals surface area contributed by atoms with Crippen molar-refractivity contribution in [3.63, 3.8) is 0 Å². The van der Waals surface area contributed by atoms with Crippen LogP contribution in [0, 0.1) is 0 Å². The number of carbonyl (C=O) groups excluding carboxylic acids is 2. The Labute approximate surface area is 145 Å². The second-order valence-electron chi connectivity index (χ2n) is 5.14. The summed E-state index contributed by atoms with van der Waals surface area (Å²) in [6, 6.07) is 8.07. The fourth-order valence-corrected chi connectivity index (χ4v) is 2.19. The number of nitrogens with zero attached hydrogens (tertiary/aromatic N) is 2. The largest absolute Gasteiger partial charge is 0.465 e. The number of nitrogens with one attached hydrogen (secondary N) is 1. The molecule has 6 nitrogen and oxygen atoms in total. The summed E-state index contributed by atoms with van der Waals surface area (Å²) in [4.78, 5) is 29.3. The van der Waals surface area contributed by atoms with Crippen LogP contribution in [0.1, 0.15) is 15.9 Å². The first-order valence-corrected chi connectivity index (χ1v) is 7.68. The molecule has 0 fully saturated rings. The molecule has 0 spiro atoms. The number of methoxy groups -OCH3 is 1. The van der Waals surface area contributed by atoms with Gasteiger partial charge in [-0.2, -0.15) is 0 Å². The highest BCUT2D eigenvalue weighted by Gasteiger charge is 2.13. The van der Waals surface area contributed by atoms with Gasteiger partial charge in [0.25, 0.3) is 0 Å². The molecule has 0 aliphatic rings. The van der Waals surface area contributed by atoms with Gasteiger partial charge in [-0.1, -0.05) is 11.6 Å². The highest BCUT2D eigenvalue weighted by molar-refractivity contribution is 6.33. The van der Waals surface area contributed by atoms with Gasteiger partial charge in [0.15, 0.2) is 0 Å². The van der Waals surface area contributed by atoms with E-state index in [9.17, 15) is 9.59 Å². The van der Waals surface area contributed by atoms with Crippen molar-refractivity contribution in [2.75, 3.05) is 26.0 Å². The average Bonchev–Trinajstić information content (AvgIpc) is 2.61. The van der Waals surface area contributed by atoms with E-state index < -0.39 is 5.97 Å². The maximum atomic E-state index is 12.3. The molecule has 1 aromatic heterocycles. The van der Waals surface area contributed by atoms with Crippen molar-refractivity contribution in [1.29, 1.82) is 0 Å². The molecule has 126 valence electrons. The number of ether oxygens (including phenoxy) is 1. The SMILES string of the molecule is COC(=O)c1ccc(Cl)c(NC(=O)N(C)CCc2ccncc2)c1. The number of benzene rings is 1. The number of aromatic nitrogens is 1. The highest BCUT2D eigenvalue weighted by Crippen LogP contribution is 2.23. The topological polar surface area (TPSA) is 71.5 Å². The van der Waals surface area contributed by atoms with E-state index in [1.807, 2.05) is 12.1 Å². The van der Waals surface area contributed by atoms with Gasteiger partial charge in [0.2, 0.25) is 0 Å². The van der Waals surface area contributed by atoms with Gasteiger partial charge in [-0.15, -0.1) is 0 Å². The summed E-state index contributed by atoms with van der Waals surface area (Å²) in [5.74, 6) is -0.492. The van der Waals surface area contributed by atoms with Crippen molar-refractivity contribution < 1.29 is 14.3 Å². The average molecular weight is 348 g/mol. The molecule has 0 radical (unpaired) electrons. The van der Waals surface area contributed by atoms with Crippen LogP contribution in [0.4, 0.5) is 10.5 Å². The number of anilines is 1. The molecule has 0 unspecified atom stereocenters. The molecule has 1 N–H and O–H groups in total. The number of hydrogen-bond acceptors (Lipinski definition) is 4. The maximum absolute atomic E-state index is 12.3. The molecule has 2 aromatic rings. The molecule has 24 heavy (non-hydrogen) atoms. The van der Waals surface area contributed by atoms with Gasteiger partial charge in [0.05, 0.1) is 23.4 Å². The monoisotopic (exact) mass is 347 g/mol. The second-order valence-corrected chi connectivity index (χ2v) is 5.55. The van der Waals surface area contributed by atoms with E-state index in [1.54, 1.807) is 30.4 Å². The summed E-state index contributed by atoms with van der Waals surface area (Å²) >= 11 is 6.07. The van der Waals surface area contributed by atoms with E-state index in [4.69, 9.17) is 11.6 Å². The smallest absolute Gasteiger partial charge is 0.337 e. The molecule has 0 aliphatic heterocycles. The predicted octanol–water partition coefficient (Wildman–Crippen LogP) is 3.23. The zero-order valence-electron chi connectivity index (χ0n) is 13.5. The van der Waals surface area contributed by atoms with E-state index in [2.05, 4.69) is 15.0 Å². The Kier molecular flexibility index (Phi) is 6.14. The van der Waals surface area contributed by atoms with Crippen LogP contribution in [0.15, 0.2) is 42.7 Å². The number of hydrogen-bond donors (Lipinski definition) is 1. The van der Waals surface area contributed by atoms with Crippen LogP contribution in [-0.4, -0.2) is 42.6 Å². The van der Waals surface area contributed by atoms with Gasteiger partial charge in [-0.05, 0) is 42.3 Å². The minimum Gasteiger partial charge on any atom is -0.465 e. The lowest BCUT2D eigenvalue weighted by Crippen LogP contribution is -2.33. The minimum atomic E-state index is -0.492. The number of pyridine rings is 1. The number of halogens is 1. The molecule has 0 atom stereocenters.